The quantitative estimate of drug-likeness (QED) is 0.882. The zero-order chi connectivity index (χ0) is 14.1. The van der Waals surface area contributed by atoms with Gasteiger partial charge < -0.3 is 9.72 Å². The highest BCUT2D eigenvalue weighted by Gasteiger charge is 2.24. The first kappa shape index (κ1) is 13.8. The monoisotopic (exact) mass is 312 g/mol. The SMILES string of the molecule is O=Cc1[nH]c2ccc(Cl)cc2c1S(=O)N1CCOCC1. The lowest BCUT2D eigenvalue weighted by Crippen LogP contribution is -2.37. The fourth-order valence-corrected chi connectivity index (χ4v) is 3.83. The largest absolute Gasteiger partial charge is 0.379 e. The number of fused-ring (bicyclic) bond motifs is 1. The third kappa shape index (κ3) is 2.40. The van der Waals surface area contributed by atoms with Gasteiger partial charge in [0.25, 0.3) is 0 Å². The predicted octanol–water partition coefficient (Wildman–Crippen LogP) is 1.99. The average molecular weight is 313 g/mol. The Labute approximate surface area is 123 Å². The minimum atomic E-state index is -1.40. The van der Waals surface area contributed by atoms with Gasteiger partial charge in [-0.05, 0) is 18.2 Å². The molecule has 1 aromatic heterocycles. The van der Waals surface area contributed by atoms with Gasteiger partial charge in [0, 0.05) is 29.0 Å². The molecule has 20 heavy (non-hydrogen) atoms. The molecule has 5 nitrogen and oxygen atoms in total. The number of nitrogens with one attached hydrogen (secondary N) is 1. The fourth-order valence-electron chi connectivity index (χ4n) is 2.27. The molecule has 1 unspecified atom stereocenters. The molecule has 1 fully saturated rings. The van der Waals surface area contributed by atoms with E-state index in [1.54, 1.807) is 22.5 Å². The first-order chi connectivity index (χ1) is 9.70. The van der Waals surface area contributed by atoms with Crippen LogP contribution >= 0.6 is 11.6 Å². The van der Waals surface area contributed by atoms with Crippen LogP contribution in [0, 0.1) is 0 Å². The molecular formula is C13H13ClN2O3S. The van der Waals surface area contributed by atoms with Gasteiger partial charge in [-0.3, -0.25) is 4.79 Å². The van der Waals surface area contributed by atoms with E-state index >= 15 is 0 Å². The summed E-state index contributed by atoms with van der Waals surface area (Å²) in [6, 6.07) is 5.25. The number of rotatable bonds is 3. The number of ether oxygens (including phenoxy) is 1. The van der Waals surface area contributed by atoms with Crippen molar-refractivity contribution in [2.75, 3.05) is 26.3 Å². The highest BCUT2D eigenvalue weighted by atomic mass is 35.5. The van der Waals surface area contributed by atoms with Crippen molar-refractivity contribution in [1.82, 2.24) is 9.29 Å². The van der Waals surface area contributed by atoms with E-state index in [-0.39, 0.29) is 0 Å². The van der Waals surface area contributed by atoms with Crippen LogP contribution in [0.15, 0.2) is 23.1 Å². The standard InChI is InChI=1S/C13H13ClN2O3S/c14-9-1-2-11-10(7-9)13(12(8-17)15-11)20(18)16-3-5-19-6-4-16/h1-2,7-8,15H,3-6H2. The minimum Gasteiger partial charge on any atom is -0.379 e. The summed E-state index contributed by atoms with van der Waals surface area (Å²) in [5, 5.41) is 1.28. The zero-order valence-electron chi connectivity index (χ0n) is 10.6. The first-order valence-corrected chi connectivity index (χ1v) is 7.70. The third-order valence-electron chi connectivity index (χ3n) is 3.24. The molecular weight excluding hydrogens is 300 g/mol. The number of halogens is 1. The number of aldehydes is 1. The number of carbonyl (C=O) groups excluding carboxylic acids is 1. The Balaban J connectivity index is 2.10. The molecule has 1 aliphatic heterocycles. The molecule has 1 aromatic carbocycles. The summed E-state index contributed by atoms with van der Waals surface area (Å²) in [5.74, 6) is 0. The summed E-state index contributed by atoms with van der Waals surface area (Å²) >= 11 is 6.00. The van der Waals surface area contributed by atoms with Crippen LogP contribution in [0.1, 0.15) is 10.5 Å². The molecule has 106 valence electrons. The molecule has 1 atom stereocenters. The predicted molar refractivity (Wildman–Crippen MR) is 77.5 cm³/mol. The van der Waals surface area contributed by atoms with Crippen molar-refractivity contribution in [1.29, 1.82) is 0 Å². The van der Waals surface area contributed by atoms with Crippen LogP contribution < -0.4 is 0 Å². The summed E-state index contributed by atoms with van der Waals surface area (Å²) in [7, 11) is -1.40. The van der Waals surface area contributed by atoms with Crippen molar-refractivity contribution < 1.29 is 13.7 Å². The number of morpholine rings is 1. The second-order valence-corrected chi connectivity index (χ2v) is 6.33. The molecule has 1 aliphatic rings. The summed E-state index contributed by atoms with van der Waals surface area (Å²) in [4.78, 5) is 14.7. The number of hydrogen-bond acceptors (Lipinski definition) is 3. The highest BCUT2D eigenvalue weighted by molar-refractivity contribution is 7.83. The molecule has 0 amide bonds. The van der Waals surface area contributed by atoms with Gasteiger partial charge in [0.1, 0.15) is 11.0 Å². The number of H-pyrrole nitrogens is 1. The molecule has 3 rings (SSSR count). The van der Waals surface area contributed by atoms with E-state index in [2.05, 4.69) is 4.98 Å². The number of aromatic nitrogens is 1. The van der Waals surface area contributed by atoms with Crippen LogP contribution in [-0.4, -0.2) is 46.1 Å². The number of carbonyl (C=O) groups is 1. The van der Waals surface area contributed by atoms with E-state index in [0.29, 0.717) is 48.2 Å². The topological polar surface area (TPSA) is 62.4 Å². The van der Waals surface area contributed by atoms with Gasteiger partial charge in [-0.2, -0.15) is 0 Å². The Morgan fingerprint density at radius 2 is 2.10 bits per heavy atom. The van der Waals surface area contributed by atoms with E-state index in [4.69, 9.17) is 16.3 Å². The second kappa shape index (κ2) is 5.65. The van der Waals surface area contributed by atoms with Gasteiger partial charge in [-0.15, -0.1) is 0 Å². The van der Waals surface area contributed by atoms with Crippen molar-refractivity contribution in [3.63, 3.8) is 0 Å². The van der Waals surface area contributed by atoms with Crippen molar-refractivity contribution in [2.45, 2.75) is 4.90 Å². The normalized spacial score (nSPS) is 18.2. The van der Waals surface area contributed by atoms with Gasteiger partial charge >= 0.3 is 0 Å². The Bertz CT molecular complexity index is 680. The Morgan fingerprint density at radius 1 is 1.35 bits per heavy atom. The average Bonchev–Trinajstić information content (AvgIpc) is 2.85. The molecule has 1 saturated heterocycles. The van der Waals surface area contributed by atoms with Crippen molar-refractivity contribution in [3.8, 4) is 0 Å². The second-order valence-electron chi connectivity index (χ2n) is 4.47. The number of hydrogen-bond donors (Lipinski definition) is 1. The van der Waals surface area contributed by atoms with Gasteiger partial charge in [0.15, 0.2) is 6.29 Å². The third-order valence-corrected chi connectivity index (χ3v) is 5.10. The Hall–Kier alpha value is -1.21. The van der Waals surface area contributed by atoms with Gasteiger partial charge in [0.2, 0.25) is 0 Å². The van der Waals surface area contributed by atoms with E-state index in [9.17, 15) is 9.00 Å². The van der Waals surface area contributed by atoms with Crippen LogP contribution in [0.5, 0.6) is 0 Å². The molecule has 0 aliphatic carbocycles. The maximum Gasteiger partial charge on any atom is 0.167 e. The van der Waals surface area contributed by atoms with E-state index in [1.165, 1.54) is 0 Å². The van der Waals surface area contributed by atoms with Gasteiger partial charge in [0.05, 0.1) is 23.8 Å². The molecule has 2 heterocycles. The summed E-state index contributed by atoms with van der Waals surface area (Å²) < 4.78 is 19.8. The lowest BCUT2D eigenvalue weighted by Gasteiger charge is -2.25. The smallest absolute Gasteiger partial charge is 0.167 e. The van der Waals surface area contributed by atoms with Gasteiger partial charge in [-0.25, -0.2) is 8.51 Å². The Kier molecular flexibility index (Phi) is 3.89. The lowest BCUT2D eigenvalue weighted by atomic mass is 10.2. The van der Waals surface area contributed by atoms with Crippen molar-refractivity contribution in [2.24, 2.45) is 0 Å². The van der Waals surface area contributed by atoms with Crippen LogP contribution in [-0.2, 0) is 15.7 Å². The molecule has 0 spiro atoms. The van der Waals surface area contributed by atoms with Crippen LogP contribution in [0.4, 0.5) is 0 Å². The molecule has 7 heteroatoms. The van der Waals surface area contributed by atoms with E-state index in [0.717, 1.165) is 10.9 Å². The maximum atomic E-state index is 12.7. The van der Waals surface area contributed by atoms with E-state index in [1.807, 2.05) is 0 Å². The van der Waals surface area contributed by atoms with Crippen molar-refractivity contribution in [3.05, 3.63) is 28.9 Å². The number of nitrogens with zero attached hydrogens (tertiary/aromatic N) is 1. The summed E-state index contributed by atoms with van der Waals surface area (Å²) in [6.45, 7) is 2.26. The van der Waals surface area contributed by atoms with Crippen LogP contribution in [0.3, 0.4) is 0 Å². The zero-order valence-corrected chi connectivity index (χ0v) is 12.2. The lowest BCUT2D eigenvalue weighted by molar-refractivity contribution is 0.0752. The summed E-state index contributed by atoms with van der Waals surface area (Å²) in [5.41, 5.74) is 1.10. The molecule has 0 radical (unpaired) electrons. The summed E-state index contributed by atoms with van der Waals surface area (Å²) in [6.07, 6.45) is 0.696. The number of benzene rings is 1. The first-order valence-electron chi connectivity index (χ1n) is 6.21. The molecule has 0 bridgehead atoms. The highest BCUT2D eigenvalue weighted by Crippen LogP contribution is 2.29. The van der Waals surface area contributed by atoms with Crippen LogP contribution in [0.25, 0.3) is 10.9 Å². The molecule has 1 N–H and O–H groups in total. The minimum absolute atomic E-state index is 0.340. The van der Waals surface area contributed by atoms with E-state index < -0.39 is 11.0 Å². The maximum absolute atomic E-state index is 12.7. The number of aromatic amines is 1. The molecule has 2 aromatic rings. The fraction of sp³-hybridized carbons (Fsp3) is 0.308. The molecule has 0 saturated carbocycles. The Morgan fingerprint density at radius 3 is 2.80 bits per heavy atom. The van der Waals surface area contributed by atoms with Gasteiger partial charge in [-0.1, -0.05) is 11.6 Å². The van der Waals surface area contributed by atoms with Crippen molar-refractivity contribution >= 4 is 39.8 Å². The van der Waals surface area contributed by atoms with Crippen LogP contribution in [0.2, 0.25) is 5.02 Å².